The molecule has 2 aliphatic rings. The molecule has 4 rings (SSSR count). The second kappa shape index (κ2) is 11.8. The van der Waals surface area contributed by atoms with E-state index in [-0.39, 0.29) is 11.3 Å². The molecule has 2 aliphatic heterocycles. The fraction of sp³-hybridized carbons (Fsp3) is 0.407. The van der Waals surface area contributed by atoms with Crippen molar-refractivity contribution in [2.75, 3.05) is 53.1 Å². The number of nitrogens with zero attached hydrogens (tertiary/aromatic N) is 2. The molecular weight excluding hydrogens is 484 g/mol. The number of Topliss-reactive ketones (excluding diaryl/α,β-unsaturated/α-hetero) is 1. The van der Waals surface area contributed by atoms with Crippen molar-refractivity contribution in [3.63, 3.8) is 0 Å². The lowest BCUT2D eigenvalue weighted by molar-refractivity contribution is -0.140. The van der Waals surface area contributed by atoms with Gasteiger partial charge in [-0.1, -0.05) is 24.6 Å². The lowest BCUT2D eigenvalue weighted by Crippen LogP contribution is -2.42. The van der Waals surface area contributed by atoms with E-state index in [2.05, 4.69) is 4.90 Å². The van der Waals surface area contributed by atoms with E-state index in [9.17, 15) is 14.7 Å². The van der Waals surface area contributed by atoms with Crippen molar-refractivity contribution in [1.29, 1.82) is 0 Å². The molecule has 192 valence electrons. The topological polar surface area (TPSA) is 88.5 Å². The second-order valence-electron chi connectivity index (χ2n) is 8.71. The van der Waals surface area contributed by atoms with Crippen molar-refractivity contribution < 1.29 is 28.9 Å². The Morgan fingerprint density at radius 1 is 1.08 bits per heavy atom. The number of carbonyl (C=O) groups is 2. The summed E-state index contributed by atoms with van der Waals surface area (Å²) in [5.41, 5.74) is 1.09. The van der Waals surface area contributed by atoms with Crippen LogP contribution in [0.5, 0.6) is 11.5 Å². The number of likely N-dealkylation sites (tertiary alicyclic amines) is 1. The summed E-state index contributed by atoms with van der Waals surface area (Å²) in [5.74, 6) is -0.541. The Hall–Kier alpha value is -3.07. The molecule has 1 atom stereocenters. The number of morpholine rings is 1. The van der Waals surface area contributed by atoms with Gasteiger partial charge in [-0.3, -0.25) is 14.5 Å². The van der Waals surface area contributed by atoms with Crippen LogP contribution in [0.3, 0.4) is 0 Å². The van der Waals surface area contributed by atoms with Gasteiger partial charge in [0.05, 0.1) is 38.5 Å². The number of halogens is 1. The van der Waals surface area contributed by atoms with Crippen LogP contribution in [-0.2, 0) is 14.3 Å². The van der Waals surface area contributed by atoms with Crippen LogP contribution in [0, 0.1) is 0 Å². The summed E-state index contributed by atoms with van der Waals surface area (Å²) in [4.78, 5) is 30.2. The molecule has 2 fully saturated rings. The maximum absolute atomic E-state index is 13.3. The van der Waals surface area contributed by atoms with Crippen LogP contribution in [0.2, 0.25) is 5.02 Å². The molecule has 0 aliphatic carbocycles. The van der Waals surface area contributed by atoms with Gasteiger partial charge in [0.25, 0.3) is 11.7 Å². The van der Waals surface area contributed by atoms with Gasteiger partial charge in [-0.25, -0.2) is 0 Å². The number of hydrogen-bond donors (Lipinski definition) is 1. The number of benzene rings is 2. The van der Waals surface area contributed by atoms with Gasteiger partial charge in [0.2, 0.25) is 0 Å². The zero-order valence-corrected chi connectivity index (χ0v) is 21.3. The summed E-state index contributed by atoms with van der Waals surface area (Å²) in [6, 6.07) is 11.1. The molecule has 2 saturated heterocycles. The summed E-state index contributed by atoms with van der Waals surface area (Å²) < 4.78 is 16.8. The Morgan fingerprint density at radius 3 is 2.47 bits per heavy atom. The Labute approximate surface area is 216 Å². The minimum absolute atomic E-state index is 0.0357. The van der Waals surface area contributed by atoms with E-state index in [4.69, 9.17) is 25.8 Å². The molecule has 2 heterocycles. The van der Waals surface area contributed by atoms with Crippen LogP contribution in [0.1, 0.15) is 30.5 Å². The van der Waals surface area contributed by atoms with Crippen molar-refractivity contribution in [3.8, 4) is 11.5 Å². The molecule has 36 heavy (non-hydrogen) atoms. The molecule has 1 amide bonds. The third-order valence-electron chi connectivity index (χ3n) is 6.38. The number of aliphatic hydroxyl groups is 1. The second-order valence-corrected chi connectivity index (χ2v) is 9.15. The molecule has 1 N–H and O–H groups in total. The van der Waals surface area contributed by atoms with Crippen molar-refractivity contribution in [2.24, 2.45) is 0 Å². The van der Waals surface area contributed by atoms with Crippen LogP contribution in [0.4, 0.5) is 0 Å². The van der Waals surface area contributed by atoms with Crippen LogP contribution >= 0.6 is 11.6 Å². The Morgan fingerprint density at radius 2 is 1.81 bits per heavy atom. The first-order valence-electron chi connectivity index (χ1n) is 12.1. The molecule has 0 spiro atoms. The van der Waals surface area contributed by atoms with Gasteiger partial charge in [-0.15, -0.1) is 0 Å². The maximum Gasteiger partial charge on any atom is 0.295 e. The van der Waals surface area contributed by atoms with Gasteiger partial charge >= 0.3 is 0 Å². The predicted molar refractivity (Wildman–Crippen MR) is 137 cm³/mol. The number of hydrogen-bond acceptors (Lipinski definition) is 7. The van der Waals surface area contributed by atoms with Gasteiger partial charge < -0.3 is 24.2 Å². The normalized spacial score (nSPS) is 20.1. The largest absolute Gasteiger partial charge is 0.507 e. The molecule has 8 nitrogen and oxygen atoms in total. The van der Waals surface area contributed by atoms with Gasteiger partial charge in [-0.2, -0.15) is 0 Å². The zero-order valence-electron chi connectivity index (χ0n) is 20.5. The van der Waals surface area contributed by atoms with Crippen molar-refractivity contribution in [1.82, 2.24) is 9.80 Å². The van der Waals surface area contributed by atoms with Gasteiger partial charge in [0, 0.05) is 36.8 Å². The van der Waals surface area contributed by atoms with E-state index in [1.165, 1.54) is 4.90 Å². The summed E-state index contributed by atoms with van der Waals surface area (Å²) in [5, 5.41) is 11.7. The first kappa shape index (κ1) is 26.0. The summed E-state index contributed by atoms with van der Waals surface area (Å²) in [6.07, 6.45) is 0.841. The van der Waals surface area contributed by atoms with Crippen LogP contribution in [0.25, 0.3) is 5.76 Å². The van der Waals surface area contributed by atoms with Crippen molar-refractivity contribution >= 4 is 29.1 Å². The van der Waals surface area contributed by atoms with E-state index in [1.54, 1.807) is 49.6 Å². The predicted octanol–water partition coefficient (Wildman–Crippen LogP) is 3.89. The molecule has 0 bridgehead atoms. The standard InChI is InChI=1S/C27H31ClN2O6/c1-3-14-36-21-9-6-19(17-22(21)34-2)24-23(25(31)18-4-7-20(28)8-5-18)26(32)27(33)30(24)11-10-29-12-15-35-16-13-29/h4-9,17,24,31H,3,10-16H2,1-2H3/b25-23-. The first-order chi connectivity index (χ1) is 17.4. The monoisotopic (exact) mass is 514 g/mol. The number of amides is 1. The van der Waals surface area contributed by atoms with Crippen molar-refractivity contribution in [3.05, 3.63) is 64.2 Å². The number of aliphatic hydroxyl groups excluding tert-OH is 1. The fourth-order valence-corrected chi connectivity index (χ4v) is 4.61. The number of carbonyl (C=O) groups excluding carboxylic acids is 2. The van der Waals surface area contributed by atoms with E-state index >= 15 is 0 Å². The van der Waals surface area contributed by atoms with Crippen LogP contribution in [0.15, 0.2) is 48.0 Å². The molecule has 2 aromatic rings. The highest BCUT2D eigenvalue weighted by molar-refractivity contribution is 6.46. The third-order valence-corrected chi connectivity index (χ3v) is 6.64. The van der Waals surface area contributed by atoms with Crippen LogP contribution in [-0.4, -0.2) is 79.7 Å². The highest BCUT2D eigenvalue weighted by atomic mass is 35.5. The van der Waals surface area contributed by atoms with Gasteiger partial charge in [-0.05, 0) is 48.4 Å². The molecule has 1 unspecified atom stereocenters. The molecule has 2 aromatic carbocycles. The average molecular weight is 515 g/mol. The number of ether oxygens (including phenoxy) is 3. The van der Waals surface area contributed by atoms with E-state index in [0.717, 1.165) is 19.5 Å². The van der Waals surface area contributed by atoms with Crippen LogP contribution < -0.4 is 9.47 Å². The third kappa shape index (κ3) is 5.51. The summed E-state index contributed by atoms with van der Waals surface area (Å²) in [7, 11) is 1.54. The quantitative estimate of drug-likeness (QED) is 0.308. The van der Waals surface area contributed by atoms with E-state index in [0.29, 0.717) is 60.6 Å². The molecule has 0 radical (unpaired) electrons. The van der Waals surface area contributed by atoms with Gasteiger partial charge in [0.1, 0.15) is 5.76 Å². The molecular formula is C27H31ClN2O6. The maximum atomic E-state index is 13.3. The number of methoxy groups -OCH3 is 1. The number of ketones is 1. The minimum Gasteiger partial charge on any atom is -0.507 e. The van der Waals surface area contributed by atoms with E-state index < -0.39 is 17.7 Å². The lowest BCUT2D eigenvalue weighted by atomic mass is 9.95. The molecule has 0 aromatic heterocycles. The lowest BCUT2D eigenvalue weighted by Gasteiger charge is -2.31. The Kier molecular flexibility index (Phi) is 8.51. The fourth-order valence-electron chi connectivity index (χ4n) is 4.48. The van der Waals surface area contributed by atoms with Crippen molar-refractivity contribution in [2.45, 2.75) is 19.4 Å². The highest BCUT2D eigenvalue weighted by Gasteiger charge is 2.46. The molecule has 9 heteroatoms. The first-order valence-corrected chi connectivity index (χ1v) is 12.5. The smallest absolute Gasteiger partial charge is 0.295 e. The van der Waals surface area contributed by atoms with E-state index in [1.807, 2.05) is 6.92 Å². The zero-order chi connectivity index (χ0) is 25.7. The minimum atomic E-state index is -0.782. The highest BCUT2D eigenvalue weighted by Crippen LogP contribution is 2.42. The summed E-state index contributed by atoms with van der Waals surface area (Å²) in [6.45, 7) is 6.24. The SMILES string of the molecule is CCCOc1ccc(C2/C(=C(/O)c3ccc(Cl)cc3)C(=O)C(=O)N2CCN2CCOCC2)cc1OC. The van der Waals surface area contributed by atoms with Gasteiger partial charge in [0.15, 0.2) is 11.5 Å². The average Bonchev–Trinajstić information content (AvgIpc) is 3.16. The Balaban J connectivity index is 1.75. The summed E-state index contributed by atoms with van der Waals surface area (Å²) >= 11 is 6.01. The Bertz CT molecular complexity index is 1130. The molecule has 0 saturated carbocycles. The number of rotatable bonds is 9.